The predicted octanol–water partition coefficient (Wildman–Crippen LogP) is 5.30. The second-order valence-electron chi connectivity index (χ2n) is 8.24. The molecule has 0 saturated heterocycles. The summed E-state index contributed by atoms with van der Waals surface area (Å²) in [4.78, 5) is 12.8. The molecule has 2 fully saturated rings. The van der Waals surface area contributed by atoms with Crippen molar-refractivity contribution in [1.82, 2.24) is 0 Å². The van der Waals surface area contributed by atoms with Crippen LogP contribution in [0.1, 0.15) is 62.5 Å². The number of benzene rings is 1. The Kier molecular flexibility index (Phi) is 3.70. The number of hydrogen-bond donors (Lipinski definition) is 0. The van der Waals surface area contributed by atoms with Crippen LogP contribution in [0.5, 0.6) is 0 Å². The van der Waals surface area contributed by atoms with Gasteiger partial charge in [-0.05, 0) is 73.3 Å². The smallest absolute Gasteiger partial charge is 0.139 e. The highest BCUT2D eigenvalue weighted by atomic mass is 16.1. The van der Waals surface area contributed by atoms with Crippen LogP contribution in [0.2, 0.25) is 0 Å². The van der Waals surface area contributed by atoms with Gasteiger partial charge in [-0.3, -0.25) is 4.79 Å². The lowest BCUT2D eigenvalue weighted by molar-refractivity contribution is -0.129. The third kappa shape index (κ3) is 2.23. The van der Waals surface area contributed by atoms with Crippen LogP contribution in [0.15, 0.2) is 36.9 Å². The van der Waals surface area contributed by atoms with Crippen molar-refractivity contribution in [3.05, 3.63) is 48.0 Å². The number of carbonyl (C=O) groups excluding carboxylic acids is 1. The minimum Gasteiger partial charge on any atom is -0.299 e. The standard InChI is InChI=1S/C22H28O/c1-3-4-7-16-14-20(23)22(2)13-12-18-17-9-6-5-8-15(17)10-11-19(18)21(16)22/h3,5-6,8-9,16,18-19,21H,1,4,7,10-14H2,2H3/t16-,18?,19?,21?,22-/m1/s1. The molecular weight excluding hydrogens is 280 g/mol. The maximum Gasteiger partial charge on any atom is 0.139 e. The second kappa shape index (κ2) is 5.61. The summed E-state index contributed by atoms with van der Waals surface area (Å²) >= 11 is 0. The van der Waals surface area contributed by atoms with Gasteiger partial charge in [-0.25, -0.2) is 0 Å². The molecule has 0 radical (unpaired) electrons. The zero-order chi connectivity index (χ0) is 16.0. The van der Waals surface area contributed by atoms with Crippen LogP contribution in [0.25, 0.3) is 0 Å². The number of carbonyl (C=O) groups is 1. The zero-order valence-corrected chi connectivity index (χ0v) is 14.3. The number of aryl methyl sites for hydroxylation is 1. The van der Waals surface area contributed by atoms with E-state index in [2.05, 4.69) is 37.8 Å². The molecule has 3 aliphatic rings. The van der Waals surface area contributed by atoms with Gasteiger partial charge >= 0.3 is 0 Å². The Morgan fingerprint density at radius 3 is 2.96 bits per heavy atom. The fourth-order valence-electron chi connectivity index (χ4n) is 6.18. The summed E-state index contributed by atoms with van der Waals surface area (Å²) in [5.41, 5.74) is 3.11. The molecule has 0 spiro atoms. The van der Waals surface area contributed by atoms with E-state index in [4.69, 9.17) is 0 Å². The monoisotopic (exact) mass is 308 g/mol. The lowest BCUT2D eigenvalue weighted by atomic mass is 9.54. The first-order valence-corrected chi connectivity index (χ1v) is 9.37. The molecule has 1 heteroatoms. The van der Waals surface area contributed by atoms with Crippen molar-refractivity contribution in [3.8, 4) is 0 Å². The molecule has 0 aromatic heterocycles. The molecule has 1 aromatic rings. The number of allylic oxidation sites excluding steroid dienone is 1. The minimum atomic E-state index is -0.0424. The van der Waals surface area contributed by atoms with Gasteiger partial charge in [0.1, 0.15) is 5.78 Å². The topological polar surface area (TPSA) is 17.1 Å². The van der Waals surface area contributed by atoms with Crippen LogP contribution in [-0.4, -0.2) is 5.78 Å². The summed E-state index contributed by atoms with van der Waals surface area (Å²) in [6, 6.07) is 9.04. The minimum absolute atomic E-state index is 0.0424. The van der Waals surface area contributed by atoms with Crippen molar-refractivity contribution < 1.29 is 4.79 Å². The van der Waals surface area contributed by atoms with Crippen LogP contribution in [0.4, 0.5) is 0 Å². The summed E-state index contributed by atoms with van der Waals surface area (Å²) in [5.74, 6) is 3.14. The van der Waals surface area contributed by atoms with Gasteiger partial charge in [0.2, 0.25) is 0 Å². The first-order chi connectivity index (χ1) is 11.1. The van der Waals surface area contributed by atoms with E-state index in [-0.39, 0.29) is 5.41 Å². The Labute approximate surface area is 140 Å². The quantitative estimate of drug-likeness (QED) is 0.692. The number of rotatable bonds is 3. The fourth-order valence-corrected chi connectivity index (χ4v) is 6.18. The SMILES string of the molecule is C=CCC[C@@H]1CC(=O)[C@@]2(C)CCC3c4ccccc4CCC3C12. The maximum atomic E-state index is 12.8. The number of ketones is 1. The van der Waals surface area contributed by atoms with Crippen molar-refractivity contribution in [2.75, 3.05) is 0 Å². The molecule has 122 valence electrons. The lowest BCUT2D eigenvalue weighted by Gasteiger charge is -2.50. The highest BCUT2D eigenvalue weighted by Gasteiger charge is 2.58. The van der Waals surface area contributed by atoms with Crippen molar-refractivity contribution in [2.24, 2.45) is 23.2 Å². The van der Waals surface area contributed by atoms with Crippen LogP contribution in [0, 0.1) is 23.2 Å². The van der Waals surface area contributed by atoms with Crippen molar-refractivity contribution in [3.63, 3.8) is 0 Å². The lowest BCUT2D eigenvalue weighted by Crippen LogP contribution is -2.44. The summed E-state index contributed by atoms with van der Waals surface area (Å²) in [6.45, 7) is 6.17. The number of Topliss-reactive ketones (excluding diaryl/α,β-unsaturated/α-hetero) is 1. The van der Waals surface area contributed by atoms with Gasteiger partial charge in [-0.15, -0.1) is 6.58 Å². The van der Waals surface area contributed by atoms with E-state index in [1.165, 1.54) is 19.3 Å². The normalized spacial score (nSPS) is 38.6. The van der Waals surface area contributed by atoms with Gasteiger partial charge in [-0.2, -0.15) is 0 Å². The summed E-state index contributed by atoms with van der Waals surface area (Å²) in [5, 5.41) is 0. The highest BCUT2D eigenvalue weighted by Crippen LogP contribution is 2.62. The maximum absolute atomic E-state index is 12.8. The van der Waals surface area contributed by atoms with E-state index >= 15 is 0 Å². The zero-order valence-electron chi connectivity index (χ0n) is 14.3. The van der Waals surface area contributed by atoms with Crippen LogP contribution in [0.3, 0.4) is 0 Å². The van der Waals surface area contributed by atoms with Gasteiger partial charge in [-0.1, -0.05) is 37.3 Å². The van der Waals surface area contributed by atoms with Crippen LogP contribution in [-0.2, 0) is 11.2 Å². The molecule has 5 atom stereocenters. The van der Waals surface area contributed by atoms with Gasteiger partial charge in [0.25, 0.3) is 0 Å². The van der Waals surface area contributed by atoms with Gasteiger partial charge in [0.05, 0.1) is 0 Å². The third-order valence-corrected chi connectivity index (χ3v) is 7.22. The van der Waals surface area contributed by atoms with E-state index in [9.17, 15) is 4.79 Å². The van der Waals surface area contributed by atoms with Crippen molar-refractivity contribution in [1.29, 1.82) is 0 Å². The second-order valence-corrected chi connectivity index (χ2v) is 8.24. The Bertz CT molecular complexity index is 631. The summed E-state index contributed by atoms with van der Waals surface area (Å²) < 4.78 is 0. The largest absolute Gasteiger partial charge is 0.299 e. The average molecular weight is 308 g/mol. The average Bonchev–Trinajstić information content (AvgIpc) is 2.83. The van der Waals surface area contributed by atoms with Gasteiger partial charge in [0, 0.05) is 11.8 Å². The van der Waals surface area contributed by atoms with E-state index in [0.29, 0.717) is 29.5 Å². The Hall–Kier alpha value is -1.37. The molecule has 3 aliphatic carbocycles. The molecule has 0 aliphatic heterocycles. The van der Waals surface area contributed by atoms with E-state index in [0.717, 1.165) is 25.7 Å². The molecule has 4 rings (SSSR count). The van der Waals surface area contributed by atoms with Crippen LogP contribution < -0.4 is 0 Å². The van der Waals surface area contributed by atoms with Gasteiger partial charge in [0.15, 0.2) is 0 Å². The van der Waals surface area contributed by atoms with Crippen LogP contribution >= 0.6 is 0 Å². The van der Waals surface area contributed by atoms with E-state index < -0.39 is 0 Å². The molecule has 0 heterocycles. The third-order valence-electron chi connectivity index (χ3n) is 7.22. The fraction of sp³-hybridized carbons (Fsp3) is 0.591. The summed E-state index contributed by atoms with van der Waals surface area (Å²) in [6.07, 6.45) is 9.83. The molecule has 2 saturated carbocycles. The molecule has 23 heavy (non-hydrogen) atoms. The predicted molar refractivity (Wildman–Crippen MR) is 94.4 cm³/mol. The molecule has 1 nitrogen and oxygen atoms in total. The number of fused-ring (bicyclic) bond motifs is 5. The Morgan fingerprint density at radius 2 is 2.13 bits per heavy atom. The van der Waals surface area contributed by atoms with E-state index in [1.807, 2.05) is 6.08 Å². The van der Waals surface area contributed by atoms with Gasteiger partial charge < -0.3 is 0 Å². The Balaban J connectivity index is 1.69. The van der Waals surface area contributed by atoms with Crippen molar-refractivity contribution >= 4 is 5.78 Å². The summed E-state index contributed by atoms with van der Waals surface area (Å²) in [7, 11) is 0. The van der Waals surface area contributed by atoms with Crippen molar-refractivity contribution in [2.45, 2.75) is 57.8 Å². The number of hydrogen-bond acceptors (Lipinski definition) is 1. The Morgan fingerprint density at radius 1 is 1.30 bits per heavy atom. The molecule has 0 bridgehead atoms. The first kappa shape index (κ1) is 15.2. The molecule has 3 unspecified atom stereocenters. The van der Waals surface area contributed by atoms with E-state index in [1.54, 1.807) is 11.1 Å². The molecule has 1 aromatic carbocycles. The molecular formula is C22H28O. The molecule has 0 amide bonds. The first-order valence-electron chi connectivity index (χ1n) is 9.37. The molecule has 0 N–H and O–H groups in total. The highest BCUT2D eigenvalue weighted by molar-refractivity contribution is 5.87.